The van der Waals surface area contributed by atoms with E-state index < -0.39 is 0 Å². The quantitative estimate of drug-likeness (QED) is 0.123. The maximum Gasteiger partial charge on any atom is 0.256 e. The van der Waals surface area contributed by atoms with Crippen molar-refractivity contribution in [2.24, 2.45) is 0 Å². The van der Waals surface area contributed by atoms with Gasteiger partial charge in [0.25, 0.3) is 20.1 Å². The standard InChI is InChI=1S/C41H27BN4.C40H26BN5.C34H21BN4/c1-4-15-28(16-5-1)44(29-17-6-2-7-18-29)38-27-37-39-41(43-38)46-35-25-12-10-21-31(35)32-22-14-24-34(40(32)46)42(39)33-23-11-13-26-36(33)45(37)30-19-8-3-9-20-30;1-4-15-27(16-5-1)44(28-17-6-2-7-18-28)40-42-38-36-39(43-40)46-34-25-12-10-21-30(34)31-22-14-24-33(37(31)46)41(36)32-23-11-13-26-35(32)45(38)29-19-8-3-9-20-29;1-2-11-22(12-3-1)38-30-19-7-5-15-25(30)35-26-16-10-14-24-23-13-4-6-18-29(23)39(33(24)26)34-32(35)31(38)21-28(37-34)27-17-8-9-20-36-27/h1-27H;1-26H;1-21H. The van der Waals surface area contributed by atoms with Gasteiger partial charge in [0, 0.05) is 118 Å². The Morgan fingerprint density at radius 3 is 0.962 bits per heavy atom. The minimum absolute atomic E-state index is 0.0161. The topological polar surface area (TPSA) is 95.4 Å². The monoisotopic (exact) mass is 1670 g/mol. The van der Waals surface area contributed by atoms with E-state index in [1.165, 1.54) is 115 Å². The van der Waals surface area contributed by atoms with Crippen LogP contribution in [0.3, 0.4) is 0 Å². The Kier molecular flexibility index (Phi) is 16.7. The molecule has 0 saturated carbocycles. The molecule has 16 heteroatoms. The fourth-order valence-electron chi connectivity index (χ4n) is 22.0. The minimum atomic E-state index is -0.0161. The van der Waals surface area contributed by atoms with Crippen molar-refractivity contribution in [3.05, 3.63) is 449 Å². The highest BCUT2D eigenvalue weighted by Crippen LogP contribution is 2.49. The van der Waals surface area contributed by atoms with Crippen molar-refractivity contribution in [3.63, 3.8) is 0 Å². The van der Waals surface area contributed by atoms with Gasteiger partial charge in [-0.15, -0.1) is 0 Å². The van der Waals surface area contributed by atoms with Gasteiger partial charge in [-0.1, -0.05) is 297 Å². The van der Waals surface area contributed by atoms with Crippen LogP contribution in [-0.4, -0.2) is 58.8 Å². The Labute approximate surface area is 756 Å². The van der Waals surface area contributed by atoms with Crippen molar-refractivity contribution in [2.45, 2.75) is 0 Å². The maximum atomic E-state index is 5.67. The first-order chi connectivity index (χ1) is 65.1. The molecule has 0 spiro atoms. The molecule has 7 aromatic heterocycles. The smallest absolute Gasteiger partial charge is 0.256 e. The summed E-state index contributed by atoms with van der Waals surface area (Å²) < 4.78 is 7.19. The summed E-state index contributed by atoms with van der Waals surface area (Å²) >= 11 is 0. The van der Waals surface area contributed by atoms with Gasteiger partial charge in [-0.2, -0.15) is 9.97 Å². The molecule has 0 bridgehead atoms. The molecule has 0 unspecified atom stereocenters. The van der Waals surface area contributed by atoms with Crippen molar-refractivity contribution in [3.8, 4) is 28.8 Å². The van der Waals surface area contributed by atoms with E-state index in [1.54, 1.807) is 0 Å². The van der Waals surface area contributed by atoms with E-state index in [1.807, 2.05) is 36.5 Å². The van der Waals surface area contributed by atoms with Crippen LogP contribution in [0.5, 0.6) is 0 Å². The van der Waals surface area contributed by atoms with Gasteiger partial charge in [-0.25, -0.2) is 9.97 Å². The molecule has 13 nitrogen and oxygen atoms in total. The van der Waals surface area contributed by atoms with E-state index in [4.69, 9.17) is 24.9 Å². The SMILES string of the molecule is c1ccc(N(c2ccccc2)c2cc3c4c(n2)-n2c5ccccc5c5cccc(c52)B4c2ccccc2N3c2ccccc2)cc1.c1ccc(N(c2ccccc2)c2nc3c4c(n2)-n2c5ccccc5c5cccc(c52)B4c2ccccc2N3c2ccccc2)cc1.c1ccc(N2c3ccccc3B3c4c2cc(-c2ccccn2)nc4-n2c4ccccc4c4cccc3c42)cc1. The Morgan fingerprint density at radius 2 is 0.534 bits per heavy atom. The van der Waals surface area contributed by atoms with E-state index in [2.05, 4.69) is 451 Å². The Morgan fingerprint density at radius 1 is 0.214 bits per heavy atom. The average Bonchev–Trinajstić information content (AvgIpc) is 1.62. The lowest BCUT2D eigenvalue weighted by Crippen LogP contribution is -2.61. The summed E-state index contributed by atoms with van der Waals surface area (Å²) in [5.41, 5.74) is 33.5. The van der Waals surface area contributed by atoms with E-state index >= 15 is 0 Å². The highest BCUT2D eigenvalue weighted by atomic mass is 15.3. The van der Waals surface area contributed by atoms with Crippen LogP contribution in [0.1, 0.15) is 0 Å². The van der Waals surface area contributed by atoms with Crippen molar-refractivity contribution in [2.75, 3.05) is 24.5 Å². The second kappa shape index (κ2) is 29.6. The molecule has 0 fully saturated rings. The van der Waals surface area contributed by atoms with Crippen molar-refractivity contribution in [1.82, 2.24) is 38.6 Å². The zero-order chi connectivity index (χ0) is 85.9. The first-order valence-corrected chi connectivity index (χ1v) is 44.7. The summed E-state index contributed by atoms with van der Waals surface area (Å²) in [5.74, 6) is 5.27. The molecule has 0 N–H and O–H groups in total. The molecule has 608 valence electrons. The summed E-state index contributed by atoms with van der Waals surface area (Å²) in [4.78, 5) is 38.5. The van der Waals surface area contributed by atoms with Crippen LogP contribution in [0, 0.1) is 0 Å². The number of benzene rings is 16. The number of nitrogens with zero attached hydrogens (tertiary/aromatic N) is 13. The summed E-state index contributed by atoms with van der Waals surface area (Å²) in [6.45, 7) is 0.111. The number of anilines is 15. The molecule has 0 radical (unpaired) electrons. The largest absolute Gasteiger partial charge is 0.311 e. The van der Waals surface area contributed by atoms with Gasteiger partial charge < -0.3 is 9.80 Å². The lowest BCUT2D eigenvalue weighted by atomic mass is 9.34. The van der Waals surface area contributed by atoms with E-state index in [0.717, 1.165) is 108 Å². The number of para-hydroxylation sites is 16. The molecule has 29 rings (SSSR count). The van der Waals surface area contributed by atoms with Crippen LogP contribution in [0.2, 0.25) is 0 Å². The third-order valence-electron chi connectivity index (χ3n) is 27.1. The molecule has 131 heavy (non-hydrogen) atoms. The lowest BCUT2D eigenvalue weighted by Gasteiger charge is -2.40. The minimum Gasteiger partial charge on any atom is -0.311 e. The van der Waals surface area contributed by atoms with Gasteiger partial charge in [0.1, 0.15) is 29.1 Å². The average molecular weight is 1670 g/mol. The van der Waals surface area contributed by atoms with Gasteiger partial charge >= 0.3 is 0 Å². The van der Waals surface area contributed by atoms with Crippen LogP contribution in [0.15, 0.2) is 449 Å². The molecular formula is C115H74B3N13. The second-order valence-corrected chi connectivity index (χ2v) is 34.1. The van der Waals surface area contributed by atoms with Crippen LogP contribution < -0.4 is 73.7 Å². The normalized spacial score (nSPS) is 12.8. The van der Waals surface area contributed by atoms with E-state index in [-0.39, 0.29) is 20.1 Å². The van der Waals surface area contributed by atoms with Crippen LogP contribution >= 0.6 is 0 Å². The van der Waals surface area contributed by atoms with Gasteiger partial charge in [-0.05, 0) is 183 Å². The molecular weight excluding hydrogens is 1600 g/mol. The molecule has 13 heterocycles. The van der Waals surface area contributed by atoms with Crippen molar-refractivity contribution in [1.29, 1.82) is 0 Å². The number of fused-ring (bicyclic) bond motifs is 21. The number of rotatable bonds is 10. The van der Waals surface area contributed by atoms with Gasteiger partial charge in [0.2, 0.25) is 5.95 Å². The molecule has 0 amide bonds. The van der Waals surface area contributed by atoms with Crippen LogP contribution in [-0.2, 0) is 0 Å². The third-order valence-corrected chi connectivity index (χ3v) is 27.1. The zero-order valence-electron chi connectivity index (χ0n) is 70.8. The molecule has 23 aromatic rings. The lowest BCUT2D eigenvalue weighted by molar-refractivity contribution is 1.00. The highest BCUT2D eigenvalue weighted by Gasteiger charge is 2.48. The summed E-state index contributed by atoms with van der Waals surface area (Å²) in [7, 11) is 0. The maximum absolute atomic E-state index is 5.67. The zero-order valence-corrected chi connectivity index (χ0v) is 70.8. The van der Waals surface area contributed by atoms with Gasteiger partial charge in [0.05, 0.1) is 44.5 Å². The predicted octanol–water partition coefficient (Wildman–Crippen LogP) is 21.8. The molecule has 0 saturated heterocycles. The Hall–Kier alpha value is -17.4. The molecule has 16 aromatic carbocycles. The third kappa shape index (κ3) is 11.2. The highest BCUT2D eigenvalue weighted by molar-refractivity contribution is 7.02. The molecule has 0 atom stereocenters. The van der Waals surface area contributed by atoms with E-state index in [0.29, 0.717) is 5.95 Å². The summed E-state index contributed by atoms with van der Waals surface area (Å²) in [6.07, 6.45) is 1.84. The summed E-state index contributed by atoms with van der Waals surface area (Å²) in [5, 5.41) is 7.49. The first-order valence-electron chi connectivity index (χ1n) is 44.7. The first kappa shape index (κ1) is 73.9. The van der Waals surface area contributed by atoms with Crippen LogP contribution in [0.25, 0.3) is 94.3 Å². The van der Waals surface area contributed by atoms with Crippen molar-refractivity contribution >= 4 is 221 Å². The van der Waals surface area contributed by atoms with Gasteiger partial charge in [0.15, 0.2) is 0 Å². The number of aromatic nitrogens is 8. The van der Waals surface area contributed by atoms with E-state index in [9.17, 15) is 0 Å². The molecule has 0 aliphatic carbocycles. The number of pyridine rings is 3. The second-order valence-electron chi connectivity index (χ2n) is 34.1. The van der Waals surface area contributed by atoms with Crippen molar-refractivity contribution < 1.29 is 0 Å². The number of hydrogen-bond acceptors (Lipinski definition) is 10. The Balaban J connectivity index is 0.000000101. The fraction of sp³-hybridized carbons (Fsp3) is 0. The summed E-state index contributed by atoms with van der Waals surface area (Å²) in [6, 6.07) is 157. The predicted molar refractivity (Wildman–Crippen MR) is 544 cm³/mol. The van der Waals surface area contributed by atoms with Gasteiger partial charge in [-0.3, -0.25) is 33.4 Å². The fourth-order valence-corrected chi connectivity index (χ4v) is 22.0. The van der Waals surface area contributed by atoms with Crippen LogP contribution in [0.4, 0.5) is 85.8 Å². The number of hydrogen-bond donors (Lipinski definition) is 0. The molecule has 6 aliphatic rings. The molecule has 6 aliphatic heterocycles. The Bertz CT molecular complexity index is 8110.